The molecule has 39 heavy (non-hydrogen) atoms. The molecule has 0 aromatic heterocycles. The van der Waals surface area contributed by atoms with E-state index < -0.39 is 17.8 Å². The van der Waals surface area contributed by atoms with Crippen LogP contribution in [0.3, 0.4) is 0 Å². The number of carbonyl (C=O) groups is 2. The minimum atomic E-state index is -0.869. The van der Waals surface area contributed by atoms with Gasteiger partial charge in [0.15, 0.2) is 0 Å². The minimum Gasteiger partial charge on any atom is -0.481 e. The summed E-state index contributed by atoms with van der Waals surface area (Å²) < 4.78 is 5.48. The summed E-state index contributed by atoms with van der Waals surface area (Å²) in [5.41, 5.74) is 0. The van der Waals surface area contributed by atoms with Crippen LogP contribution in [-0.2, 0) is 29.0 Å². The molecule has 0 heterocycles. The molecule has 0 aliphatic heterocycles. The van der Waals surface area contributed by atoms with Gasteiger partial charge in [-0.05, 0) is 74.0 Å². The van der Waals surface area contributed by atoms with Crippen molar-refractivity contribution in [3.63, 3.8) is 0 Å². The fraction of sp³-hybridized carbons (Fsp3) is 0.935. The number of carboxylic acids is 1. The Balaban J connectivity index is 1.10. The summed E-state index contributed by atoms with van der Waals surface area (Å²) in [6.45, 7) is 1.32. The van der Waals surface area contributed by atoms with Gasteiger partial charge in [-0.15, -0.1) is 0 Å². The second-order valence-corrected chi connectivity index (χ2v) is 12.9. The summed E-state index contributed by atoms with van der Waals surface area (Å²) in [4.78, 5) is 40.2. The molecule has 6 unspecified atom stereocenters. The maximum atomic E-state index is 12.7. The van der Waals surface area contributed by atoms with Crippen LogP contribution in [0.5, 0.6) is 0 Å². The van der Waals surface area contributed by atoms with Crippen molar-refractivity contribution in [2.45, 2.75) is 109 Å². The number of hydrogen-bond donors (Lipinski definition) is 2. The van der Waals surface area contributed by atoms with Gasteiger partial charge in [0.2, 0.25) is 0 Å². The first kappa shape index (κ1) is 30.7. The van der Waals surface area contributed by atoms with Crippen molar-refractivity contribution in [3.05, 3.63) is 0 Å². The molecule has 0 spiro atoms. The number of hydrogen-bond acceptors (Lipinski definition) is 7. The quantitative estimate of drug-likeness (QED) is 0.113. The van der Waals surface area contributed by atoms with E-state index in [1.54, 1.807) is 0 Å². The molecule has 0 aromatic rings. The van der Waals surface area contributed by atoms with Crippen LogP contribution in [0.1, 0.15) is 109 Å². The van der Waals surface area contributed by atoms with Crippen molar-refractivity contribution in [3.8, 4) is 0 Å². The highest BCUT2D eigenvalue weighted by Crippen LogP contribution is 2.44. The Morgan fingerprint density at radius 2 is 1.26 bits per heavy atom. The standard InChI is InChI=1S/C31H52O8/c32-30(33)29-19-25(23-10-5-2-6-11-23)14-15-28(29)31(34)36-16-7-17-38-39-21-26-13-12-24(18-27(26)20-37-35)22-8-3-1-4-9-22/h22-29,35H,1-21H2,(H,32,33). The molecule has 0 amide bonds. The van der Waals surface area contributed by atoms with E-state index in [2.05, 4.69) is 4.89 Å². The second-order valence-electron chi connectivity index (χ2n) is 12.9. The van der Waals surface area contributed by atoms with Crippen LogP contribution in [0.2, 0.25) is 0 Å². The van der Waals surface area contributed by atoms with Gasteiger partial charge in [-0.1, -0.05) is 64.2 Å². The molecule has 4 saturated carbocycles. The lowest BCUT2D eigenvalue weighted by molar-refractivity contribution is -0.310. The molecule has 4 aliphatic rings. The van der Waals surface area contributed by atoms with E-state index in [1.165, 1.54) is 70.6 Å². The number of esters is 1. The summed E-state index contributed by atoms with van der Waals surface area (Å²) in [6, 6.07) is 0. The molecule has 8 heteroatoms. The Labute approximate surface area is 234 Å². The first-order valence-electron chi connectivity index (χ1n) is 16.0. The molecule has 8 nitrogen and oxygen atoms in total. The number of rotatable bonds is 13. The third-order valence-electron chi connectivity index (χ3n) is 10.6. The maximum Gasteiger partial charge on any atom is 0.309 e. The number of ether oxygens (including phenoxy) is 1. The van der Waals surface area contributed by atoms with Crippen molar-refractivity contribution in [1.29, 1.82) is 0 Å². The smallest absolute Gasteiger partial charge is 0.309 e. The average molecular weight is 553 g/mol. The van der Waals surface area contributed by atoms with Gasteiger partial charge in [0.05, 0.1) is 38.3 Å². The van der Waals surface area contributed by atoms with Crippen LogP contribution >= 0.6 is 0 Å². The summed E-state index contributed by atoms with van der Waals surface area (Å²) in [6.07, 6.45) is 18.9. The molecule has 0 aromatic carbocycles. The molecule has 4 rings (SSSR count). The fourth-order valence-corrected chi connectivity index (χ4v) is 8.30. The Hall–Kier alpha value is -1.22. The van der Waals surface area contributed by atoms with Crippen LogP contribution in [0, 0.1) is 47.3 Å². The van der Waals surface area contributed by atoms with Crippen molar-refractivity contribution in [1.82, 2.24) is 0 Å². The fourth-order valence-electron chi connectivity index (χ4n) is 8.30. The van der Waals surface area contributed by atoms with E-state index >= 15 is 0 Å². The van der Waals surface area contributed by atoms with Gasteiger partial charge in [0.25, 0.3) is 0 Å². The van der Waals surface area contributed by atoms with E-state index in [0.717, 1.165) is 31.1 Å². The largest absolute Gasteiger partial charge is 0.481 e. The van der Waals surface area contributed by atoms with Crippen LogP contribution in [0.4, 0.5) is 0 Å². The van der Waals surface area contributed by atoms with Crippen LogP contribution in [0.25, 0.3) is 0 Å². The maximum absolute atomic E-state index is 12.7. The predicted molar refractivity (Wildman–Crippen MR) is 145 cm³/mol. The zero-order valence-corrected chi connectivity index (χ0v) is 23.8. The monoisotopic (exact) mass is 552 g/mol. The van der Waals surface area contributed by atoms with Gasteiger partial charge in [-0.3, -0.25) is 14.8 Å². The lowest BCUT2D eigenvalue weighted by Gasteiger charge is -2.40. The van der Waals surface area contributed by atoms with Gasteiger partial charge in [0, 0.05) is 6.42 Å². The van der Waals surface area contributed by atoms with Crippen molar-refractivity contribution < 1.29 is 39.4 Å². The first-order chi connectivity index (χ1) is 19.1. The van der Waals surface area contributed by atoms with Gasteiger partial charge in [0.1, 0.15) is 0 Å². The third kappa shape index (κ3) is 9.14. The van der Waals surface area contributed by atoms with E-state index in [0.29, 0.717) is 56.8 Å². The second kappa shape index (κ2) is 16.3. The summed E-state index contributed by atoms with van der Waals surface area (Å²) >= 11 is 0. The Kier molecular flexibility index (Phi) is 12.8. The highest BCUT2D eigenvalue weighted by Gasteiger charge is 2.42. The highest BCUT2D eigenvalue weighted by atomic mass is 17.2. The summed E-state index contributed by atoms with van der Waals surface area (Å²) in [7, 11) is 0. The molecule has 4 aliphatic carbocycles. The molecular weight excluding hydrogens is 500 g/mol. The zero-order chi connectivity index (χ0) is 27.5. The van der Waals surface area contributed by atoms with E-state index in [-0.39, 0.29) is 18.5 Å². The number of aliphatic carboxylic acids is 1. The molecule has 224 valence electrons. The molecule has 0 saturated heterocycles. The van der Waals surface area contributed by atoms with Crippen LogP contribution in [0.15, 0.2) is 0 Å². The van der Waals surface area contributed by atoms with Crippen molar-refractivity contribution in [2.75, 3.05) is 26.4 Å². The lowest BCUT2D eigenvalue weighted by atomic mass is 9.67. The van der Waals surface area contributed by atoms with Gasteiger partial charge < -0.3 is 9.84 Å². The number of carbonyl (C=O) groups excluding carboxylic acids is 1. The number of carboxylic acid groups (broad SMARTS) is 1. The molecule has 0 bridgehead atoms. The van der Waals surface area contributed by atoms with E-state index in [1.807, 2.05) is 0 Å². The predicted octanol–water partition coefficient (Wildman–Crippen LogP) is 6.67. The molecule has 6 atom stereocenters. The lowest BCUT2D eigenvalue weighted by Crippen LogP contribution is -2.38. The molecular formula is C31H52O8. The minimum absolute atomic E-state index is 0.199. The molecule has 2 N–H and O–H groups in total. The van der Waals surface area contributed by atoms with Gasteiger partial charge in [-0.2, -0.15) is 0 Å². The van der Waals surface area contributed by atoms with Crippen LogP contribution in [-0.4, -0.2) is 48.7 Å². The van der Waals surface area contributed by atoms with E-state index in [9.17, 15) is 14.7 Å². The third-order valence-corrected chi connectivity index (χ3v) is 10.6. The Morgan fingerprint density at radius 3 is 1.90 bits per heavy atom. The van der Waals surface area contributed by atoms with Crippen molar-refractivity contribution in [2.24, 2.45) is 47.3 Å². The Morgan fingerprint density at radius 1 is 0.615 bits per heavy atom. The molecule has 0 radical (unpaired) electrons. The van der Waals surface area contributed by atoms with Gasteiger partial charge >= 0.3 is 11.9 Å². The highest BCUT2D eigenvalue weighted by molar-refractivity contribution is 5.81. The van der Waals surface area contributed by atoms with Gasteiger partial charge in [-0.25, -0.2) is 14.7 Å². The van der Waals surface area contributed by atoms with Crippen LogP contribution < -0.4 is 0 Å². The summed E-state index contributed by atoms with van der Waals surface area (Å²) in [5, 5.41) is 18.9. The van der Waals surface area contributed by atoms with Crippen molar-refractivity contribution >= 4 is 11.9 Å². The first-order valence-corrected chi connectivity index (χ1v) is 16.0. The molecule has 4 fully saturated rings. The SMILES string of the molecule is O=C(O)C1CC(C2CCCCC2)CCC1C(=O)OCCCOOCC1CCC(C2CCCCC2)CC1COO. The Bertz CT molecular complexity index is 732. The van der Waals surface area contributed by atoms with E-state index in [4.69, 9.17) is 19.8 Å². The zero-order valence-electron chi connectivity index (χ0n) is 23.8. The normalized spacial score (nSPS) is 33.1. The average Bonchev–Trinajstić information content (AvgIpc) is 2.98. The summed E-state index contributed by atoms with van der Waals surface area (Å²) in [5.74, 6) is 0.718. The topological polar surface area (TPSA) is 112 Å².